The summed E-state index contributed by atoms with van der Waals surface area (Å²) < 4.78 is 5.30. The van der Waals surface area contributed by atoms with E-state index in [9.17, 15) is 9.59 Å². The van der Waals surface area contributed by atoms with E-state index in [4.69, 9.17) is 4.74 Å². The molecule has 128 valence electrons. The van der Waals surface area contributed by atoms with Crippen molar-refractivity contribution in [3.05, 3.63) is 71.9 Å². The maximum atomic E-state index is 12.3. The average molecular weight is 336 g/mol. The first kappa shape index (κ1) is 16.8. The summed E-state index contributed by atoms with van der Waals surface area (Å²) in [5.41, 5.74) is 2.43. The molecule has 0 saturated heterocycles. The van der Waals surface area contributed by atoms with Gasteiger partial charge in [-0.25, -0.2) is 4.79 Å². The molecule has 0 aliphatic heterocycles. The number of aromatic nitrogens is 1. The molecule has 5 nitrogen and oxygen atoms in total. The number of ether oxygens (including phenoxy) is 1. The van der Waals surface area contributed by atoms with Crippen LogP contribution < -0.4 is 5.32 Å². The minimum absolute atomic E-state index is 0.302. The molecule has 0 saturated carbocycles. The van der Waals surface area contributed by atoms with Crippen LogP contribution in [0.1, 0.15) is 22.8 Å². The normalized spacial score (nSPS) is 11.9. The second kappa shape index (κ2) is 7.66. The molecule has 1 atom stereocenters. The molecule has 0 aliphatic carbocycles. The number of aromatic amines is 1. The smallest absolute Gasteiger partial charge is 0.341 e. The lowest BCUT2D eigenvalue weighted by atomic mass is 10.1. The number of esters is 1. The van der Waals surface area contributed by atoms with E-state index in [2.05, 4.69) is 10.3 Å². The molecule has 1 aromatic heterocycles. The van der Waals surface area contributed by atoms with Crippen molar-refractivity contribution in [1.29, 1.82) is 0 Å². The molecular weight excluding hydrogens is 316 g/mol. The van der Waals surface area contributed by atoms with Crippen LogP contribution in [0.5, 0.6) is 0 Å². The largest absolute Gasteiger partial charge is 0.449 e. The number of H-pyrrole nitrogens is 1. The maximum Gasteiger partial charge on any atom is 0.341 e. The molecule has 2 aromatic carbocycles. The van der Waals surface area contributed by atoms with Crippen molar-refractivity contribution in [3.8, 4) is 0 Å². The van der Waals surface area contributed by atoms with Crippen molar-refractivity contribution in [1.82, 2.24) is 10.3 Å². The number of nitrogens with one attached hydrogen (secondary N) is 2. The van der Waals surface area contributed by atoms with Crippen LogP contribution in [0.2, 0.25) is 0 Å². The number of hydrogen-bond donors (Lipinski definition) is 2. The number of para-hydroxylation sites is 1. The Bertz CT molecular complexity index is 871. The van der Waals surface area contributed by atoms with Crippen LogP contribution >= 0.6 is 0 Å². The first-order chi connectivity index (χ1) is 12.1. The predicted octanol–water partition coefficient (Wildman–Crippen LogP) is 3.07. The second-order valence-electron chi connectivity index (χ2n) is 5.82. The van der Waals surface area contributed by atoms with Crippen LogP contribution in [-0.2, 0) is 16.0 Å². The zero-order chi connectivity index (χ0) is 17.6. The lowest BCUT2D eigenvalue weighted by Crippen LogP contribution is -2.36. The average Bonchev–Trinajstić information content (AvgIpc) is 3.06. The van der Waals surface area contributed by atoms with Gasteiger partial charge < -0.3 is 15.0 Å². The van der Waals surface area contributed by atoms with Gasteiger partial charge in [-0.3, -0.25) is 4.79 Å². The van der Waals surface area contributed by atoms with Gasteiger partial charge in [-0.15, -0.1) is 0 Å². The zero-order valence-corrected chi connectivity index (χ0v) is 14.0. The Kier molecular flexibility index (Phi) is 5.14. The number of amides is 1. The number of carbonyl (C=O) groups excluding carboxylic acids is 2. The summed E-state index contributed by atoms with van der Waals surface area (Å²) in [6.07, 6.45) is 1.49. The van der Waals surface area contributed by atoms with Gasteiger partial charge in [0.2, 0.25) is 0 Å². The van der Waals surface area contributed by atoms with E-state index in [1.54, 1.807) is 13.1 Å². The van der Waals surface area contributed by atoms with E-state index < -0.39 is 12.1 Å². The van der Waals surface area contributed by atoms with E-state index in [0.29, 0.717) is 12.1 Å². The topological polar surface area (TPSA) is 71.2 Å². The Morgan fingerprint density at radius 2 is 1.80 bits per heavy atom. The van der Waals surface area contributed by atoms with Gasteiger partial charge >= 0.3 is 5.97 Å². The molecule has 0 aliphatic rings. The van der Waals surface area contributed by atoms with Gasteiger partial charge in [0.05, 0.1) is 5.56 Å². The third kappa shape index (κ3) is 4.07. The number of fused-ring (bicyclic) bond motifs is 1. The number of rotatable bonds is 6. The molecule has 2 N–H and O–H groups in total. The molecule has 5 heteroatoms. The van der Waals surface area contributed by atoms with Crippen LogP contribution in [0, 0.1) is 0 Å². The van der Waals surface area contributed by atoms with E-state index in [1.165, 1.54) is 0 Å². The van der Waals surface area contributed by atoms with Crippen molar-refractivity contribution >= 4 is 22.8 Å². The zero-order valence-electron chi connectivity index (χ0n) is 14.0. The van der Waals surface area contributed by atoms with E-state index in [1.807, 2.05) is 54.6 Å². The van der Waals surface area contributed by atoms with Gasteiger partial charge in [0.15, 0.2) is 6.10 Å². The van der Waals surface area contributed by atoms with Gasteiger partial charge in [0.25, 0.3) is 5.91 Å². The minimum atomic E-state index is -0.850. The van der Waals surface area contributed by atoms with Crippen LogP contribution in [0.15, 0.2) is 60.8 Å². The Balaban J connectivity index is 1.53. The van der Waals surface area contributed by atoms with Gasteiger partial charge in [0, 0.05) is 23.6 Å². The van der Waals surface area contributed by atoms with Gasteiger partial charge in [0.1, 0.15) is 0 Å². The molecule has 0 radical (unpaired) electrons. The summed E-state index contributed by atoms with van der Waals surface area (Å²) in [5.74, 6) is -0.813. The molecule has 1 amide bonds. The number of benzene rings is 2. The summed E-state index contributed by atoms with van der Waals surface area (Å²) in [6, 6.07) is 17.3. The fraction of sp³-hybridized carbons (Fsp3) is 0.200. The SMILES string of the molecule is C[C@@H](OC(=O)c1c[nH]c2ccccc12)C(=O)NCCc1ccccc1. The molecule has 0 unspecified atom stereocenters. The summed E-state index contributed by atoms with van der Waals surface area (Å²) in [6.45, 7) is 2.07. The summed E-state index contributed by atoms with van der Waals surface area (Å²) in [7, 11) is 0. The van der Waals surface area contributed by atoms with Crippen LogP contribution in [0.3, 0.4) is 0 Å². The first-order valence-corrected chi connectivity index (χ1v) is 8.24. The Morgan fingerprint density at radius 3 is 2.60 bits per heavy atom. The summed E-state index contributed by atoms with van der Waals surface area (Å²) >= 11 is 0. The third-order valence-electron chi connectivity index (χ3n) is 4.02. The minimum Gasteiger partial charge on any atom is -0.449 e. The first-order valence-electron chi connectivity index (χ1n) is 8.24. The van der Waals surface area contributed by atoms with E-state index in [-0.39, 0.29) is 5.91 Å². The molecule has 1 heterocycles. The highest BCUT2D eigenvalue weighted by molar-refractivity contribution is 6.04. The molecular formula is C20H20N2O3. The number of hydrogen-bond acceptors (Lipinski definition) is 3. The standard InChI is InChI=1S/C20H20N2O3/c1-14(19(23)21-12-11-15-7-3-2-4-8-15)25-20(24)17-13-22-18-10-6-5-9-16(17)18/h2-10,13-14,22H,11-12H2,1H3,(H,21,23)/t14-/m1/s1. The van der Waals surface area contributed by atoms with Gasteiger partial charge in [-0.2, -0.15) is 0 Å². The molecule has 3 rings (SSSR count). The molecule has 0 bridgehead atoms. The molecule has 0 fully saturated rings. The fourth-order valence-corrected chi connectivity index (χ4v) is 2.64. The Hall–Kier alpha value is -3.08. The quantitative estimate of drug-likeness (QED) is 0.680. The monoisotopic (exact) mass is 336 g/mol. The highest BCUT2D eigenvalue weighted by atomic mass is 16.5. The van der Waals surface area contributed by atoms with Crippen molar-refractivity contribution in [2.75, 3.05) is 6.54 Å². The second-order valence-corrected chi connectivity index (χ2v) is 5.82. The van der Waals surface area contributed by atoms with Crippen molar-refractivity contribution < 1.29 is 14.3 Å². The van der Waals surface area contributed by atoms with Crippen LogP contribution in [0.4, 0.5) is 0 Å². The van der Waals surface area contributed by atoms with E-state index >= 15 is 0 Å². The van der Waals surface area contributed by atoms with Crippen LogP contribution in [0.25, 0.3) is 10.9 Å². The molecule has 0 spiro atoms. The highest BCUT2D eigenvalue weighted by Gasteiger charge is 2.20. The van der Waals surface area contributed by atoms with Crippen molar-refractivity contribution in [2.45, 2.75) is 19.4 Å². The Labute approximate surface area is 146 Å². The summed E-state index contributed by atoms with van der Waals surface area (Å²) in [4.78, 5) is 27.4. The van der Waals surface area contributed by atoms with Crippen molar-refractivity contribution in [3.63, 3.8) is 0 Å². The van der Waals surface area contributed by atoms with Crippen LogP contribution in [-0.4, -0.2) is 29.5 Å². The lowest BCUT2D eigenvalue weighted by Gasteiger charge is -2.13. The lowest BCUT2D eigenvalue weighted by molar-refractivity contribution is -0.129. The van der Waals surface area contributed by atoms with E-state index in [0.717, 1.165) is 22.9 Å². The fourth-order valence-electron chi connectivity index (χ4n) is 2.64. The maximum absolute atomic E-state index is 12.3. The predicted molar refractivity (Wildman–Crippen MR) is 96.3 cm³/mol. The van der Waals surface area contributed by atoms with Gasteiger partial charge in [-0.05, 0) is 25.0 Å². The Morgan fingerprint density at radius 1 is 1.08 bits per heavy atom. The summed E-state index contributed by atoms with van der Waals surface area (Å²) in [5, 5.41) is 3.58. The highest BCUT2D eigenvalue weighted by Crippen LogP contribution is 2.18. The number of carbonyl (C=O) groups is 2. The van der Waals surface area contributed by atoms with Crippen molar-refractivity contribution in [2.24, 2.45) is 0 Å². The van der Waals surface area contributed by atoms with Gasteiger partial charge in [-0.1, -0.05) is 48.5 Å². The third-order valence-corrected chi connectivity index (χ3v) is 4.02. The molecule has 25 heavy (non-hydrogen) atoms. The molecule has 3 aromatic rings.